The number of phenolic OH excluding ortho intramolecular Hbond substituents is 1. The topological polar surface area (TPSA) is 120 Å². The summed E-state index contributed by atoms with van der Waals surface area (Å²) < 4.78 is 5.82. The number of nitrogens with one attached hydrogen (secondary N) is 2. The van der Waals surface area contributed by atoms with E-state index in [-0.39, 0.29) is 47.3 Å². The molecule has 35 heavy (non-hydrogen) atoms. The van der Waals surface area contributed by atoms with Gasteiger partial charge < -0.3 is 20.1 Å². The molecule has 4 rings (SSSR count). The number of benzene rings is 3. The molecule has 0 bridgehead atoms. The van der Waals surface area contributed by atoms with Crippen LogP contribution in [0.15, 0.2) is 59.7 Å². The Morgan fingerprint density at radius 1 is 1.23 bits per heavy atom. The van der Waals surface area contributed by atoms with Gasteiger partial charge in [0.05, 0.1) is 17.8 Å². The SMILES string of the molecule is CC1CNC(=O)CN1C(=O)COc1ccc(C=NNC(=O)c2ccc(O)c(Cl)c2)c2ccccc12. The van der Waals surface area contributed by atoms with Gasteiger partial charge in [0.1, 0.15) is 11.5 Å². The lowest BCUT2D eigenvalue weighted by Crippen LogP contribution is -2.56. The van der Waals surface area contributed by atoms with Crippen LogP contribution in [0.3, 0.4) is 0 Å². The molecule has 1 unspecified atom stereocenters. The Morgan fingerprint density at radius 3 is 2.77 bits per heavy atom. The Labute approximate surface area is 206 Å². The second-order valence-corrected chi connectivity index (χ2v) is 8.43. The highest BCUT2D eigenvalue weighted by atomic mass is 35.5. The maximum absolute atomic E-state index is 12.6. The third-order valence-electron chi connectivity index (χ3n) is 5.61. The van der Waals surface area contributed by atoms with Crippen LogP contribution >= 0.6 is 11.6 Å². The fourth-order valence-corrected chi connectivity index (χ4v) is 3.88. The first-order chi connectivity index (χ1) is 16.8. The van der Waals surface area contributed by atoms with Gasteiger partial charge in [-0.1, -0.05) is 35.9 Å². The first-order valence-electron chi connectivity index (χ1n) is 10.9. The van der Waals surface area contributed by atoms with Crippen molar-refractivity contribution in [3.63, 3.8) is 0 Å². The molecular formula is C25H23ClN4O5. The average Bonchev–Trinajstić information content (AvgIpc) is 2.86. The molecule has 0 aromatic heterocycles. The summed E-state index contributed by atoms with van der Waals surface area (Å²) >= 11 is 5.85. The van der Waals surface area contributed by atoms with E-state index in [9.17, 15) is 19.5 Å². The van der Waals surface area contributed by atoms with E-state index in [1.54, 1.807) is 12.1 Å². The summed E-state index contributed by atoms with van der Waals surface area (Å²) in [6.45, 7) is 2.11. The number of carbonyl (C=O) groups excluding carboxylic acids is 3. The third kappa shape index (κ3) is 5.52. The first kappa shape index (κ1) is 24.0. The number of hydrogen-bond donors (Lipinski definition) is 3. The van der Waals surface area contributed by atoms with Crippen molar-refractivity contribution in [3.8, 4) is 11.5 Å². The van der Waals surface area contributed by atoms with Crippen LogP contribution in [0.5, 0.6) is 11.5 Å². The summed E-state index contributed by atoms with van der Waals surface area (Å²) in [6.07, 6.45) is 1.51. The van der Waals surface area contributed by atoms with Gasteiger partial charge in [-0.3, -0.25) is 14.4 Å². The van der Waals surface area contributed by atoms with E-state index in [4.69, 9.17) is 16.3 Å². The fourth-order valence-electron chi connectivity index (χ4n) is 3.70. The van der Waals surface area contributed by atoms with Gasteiger partial charge in [-0.05, 0) is 42.6 Å². The van der Waals surface area contributed by atoms with Crippen LogP contribution in [0.2, 0.25) is 5.02 Å². The van der Waals surface area contributed by atoms with E-state index in [0.717, 1.165) is 16.3 Å². The molecule has 0 spiro atoms. The van der Waals surface area contributed by atoms with E-state index < -0.39 is 5.91 Å². The number of aromatic hydroxyl groups is 1. The molecule has 1 saturated heterocycles. The predicted molar refractivity (Wildman–Crippen MR) is 132 cm³/mol. The van der Waals surface area contributed by atoms with Gasteiger partial charge in [-0.2, -0.15) is 5.10 Å². The summed E-state index contributed by atoms with van der Waals surface area (Å²) in [5.74, 6) is -0.530. The lowest BCUT2D eigenvalue weighted by Gasteiger charge is -2.33. The summed E-state index contributed by atoms with van der Waals surface area (Å²) in [5, 5.41) is 17.9. The van der Waals surface area contributed by atoms with Gasteiger partial charge in [0.15, 0.2) is 6.61 Å². The number of rotatable bonds is 6. The number of ether oxygens (including phenoxy) is 1. The lowest BCUT2D eigenvalue weighted by atomic mass is 10.0. The molecule has 1 fully saturated rings. The largest absolute Gasteiger partial charge is 0.506 e. The zero-order chi connectivity index (χ0) is 24.9. The summed E-state index contributed by atoms with van der Waals surface area (Å²) in [5.41, 5.74) is 3.41. The minimum atomic E-state index is -0.480. The van der Waals surface area contributed by atoms with Crippen molar-refractivity contribution >= 4 is 46.3 Å². The Bertz CT molecular complexity index is 1330. The highest BCUT2D eigenvalue weighted by Gasteiger charge is 2.27. The number of amides is 3. The summed E-state index contributed by atoms with van der Waals surface area (Å²) in [7, 11) is 0. The standard InChI is InChI=1S/C25H23ClN4O5/c1-15-11-27-23(32)13-30(15)24(33)14-35-22-9-7-17(18-4-2-3-5-19(18)22)12-28-29-25(34)16-6-8-21(31)20(26)10-16/h2-10,12,15,31H,11,13-14H2,1H3,(H,27,32)(H,29,34). The number of hydrazone groups is 1. The molecule has 3 N–H and O–H groups in total. The Balaban J connectivity index is 1.46. The molecule has 10 heteroatoms. The van der Waals surface area contributed by atoms with Crippen LogP contribution in [-0.2, 0) is 9.59 Å². The molecule has 1 atom stereocenters. The molecule has 1 heterocycles. The van der Waals surface area contributed by atoms with Crippen molar-refractivity contribution in [2.45, 2.75) is 13.0 Å². The highest BCUT2D eigenvalue weighted by molar-refractivity contribution is 6.32. The number of phenols is 1. The van der Waals surface area contributed by atoms with E-state index >= 15 is 0 Å². The van der Waals surface area contributed by atoms with Crippen molar-refractivity contribution in [2.75, 3.05) is 19.7 Å². The van der Waals surface area contributed by atoms with Gasteiger partial charge in [-0.15, -0.1) is 0 Å². The first-order valence-corrected chi connectivity index (χ1v) is 11.2. The Kier molecular flexibility index (Phi) is 7.17. The minimum Gasteiger partial charge on any atom is -0.506 e. The molecule has 1 aliphatic rings. The molecule has 180 valence electrons. The second-order valence-electron chi connectivity index (χ2n) is 8.03. The van der Waals surface area contributed by atoms with Crippen LogP contribution in [-0.4, -0.2) is 59.7 Å². The highest BCUT2D eigenvalue weighted by Crippen LogP contribution is 2.28. The Morgan fingerprint density at radius 2 is 2.00 bits per heavy atom. The van der Waals surface area contributed by atoms with Crippen molar-refractivity contribution in [3.05, 3.63) is 70.7 Å². The molecule has 3 amide bonds. The van der Waals surface area contributed by atoms with Crippen LogP contribution in [0, 0.1) is 0 Å². The van der Waals surface area contributed by atoms with Crippen molar-refractivity contribution < 1.29 is 24.2 Å². The number of nitrogens with zero attached hydrogens (tertiary/aromatic N) is 2. The maximum Gasteiger partial charge on any atom is 0.271 e. The van der Waals surface area contributed by atoms with Crippen molar-refractivity contribution in [2.24, 2.45) is 5.10 Å². The molecule has 9 nitrogen and oxygen atoms in total. The smallest absolute Gasteiger partial charge is 0.271 e. The van der Waals surface area contributed by atoms with Gasteiger partial charge in [0, 0.05) is 29.1 Å². The van der Waals surface area contributed by atoms with Crippen LogP contribution in [0.1, 0.15) is 22.8 Å². The predicted octanol–water partition coefficient (Wildman–Crippen LogP) is 2.69. The zero-order valence-electron chi connectivity index (χ0n) is 18.8. The van der Waals surface area contributed by atoms with Gasteiger partial charge in [0.25, 0.3) is 11.8 Å². The number of fused-ring (bicyclic) bond motifs is 1. The van der Waals surface area contributed by atoms with Crippen LogP contribution in [0.4, 0.5) is 0 Å². The van der Waals surface area contributed by atoms with Gasteiger partial charge in [-0.25, -0.2) is 5.43 Å². The second kappa shape index (κ2) is 10.4. The van der Waals surface area contributed by atoms with E-state index in [1.165, 1.54) is 29.3 Å². The van der Waals surface area contributed by atoms with E-state index in [0.29, 0.717) is 12.3 Å². The molecule has 1 aliphatic heterocycles. The summed E-state index contributed by atoms with van der Waals surface area (Å²) in [6, 6.07) is 15.0. The molecular weight excluding hydrogens is 472 g/mol. The number of halogens is 1. The average molecular weight is 495 g/mol. The molecule has 0 saturated carbocycles. The third-order valence-corrected chi connectivity index (χ3v) is 5.91. The summed E-state index contributed by atoms with van der Waals surface area (Å²) in [4.78, 5) is 38.1. The quantitative estimate of drug-likeness (QED) is 0.359. The monoisotopic (exact) mass is 494 g/mol. The minimum absolute atomic E-state index is 0.0155. The zero-order valence-corrected chi connectivity index (χ0v) is 19.6. The van der Waals surface area contributed by atoms with Gasteiger partial charge >= 0.3 is 0 Å². The van der Waals surface area contributed by atoms with E-state index in [1.807, 2.05) is 31.2 Å². The van der Waals surface area contributed by atoms with Crippen molar-refractivity contribution in [1.29, 1.82) is 0 Å². The van der Waals surface area contributed by atoms with Crippen LogP contribution in [0.25, 0.3) is 10.8 Å². The number of hydrogen-bond acceptors (Lipinski definition) is 6. The normalized spacial score (nSPS) is 15.8. The Hall–Kier alpha value is -4.11. The molecule has 3 aromatic carbocycles. The van der Waals surface area contributed by atoms with E-state index in [2.05, 4.69) is 15.8 Å². The van der Waals surface area contributed by atoms with Crippen LogP contribution < -0.4 is 15.5 Å². The maximum atomic E-state index is 12.6. The number of carbonyl (C=O) groups is 3. The molecule has 0 radical (unpaired) electrons. The molecule has 0 aliphatic carbocycles. The fraction of sp³-hybridized carbons (Fsp3) is 0.200. The number of piperazine rings is 1. The molecule has 3 aromatic rings. The lowest BCUT2D eigenvalue weighted by molar-refractivity contribution is -0.142. The van der Waals surface area contributed by atoms with Crippen molar-refractivity contribution in [1.82, 2.24) is 15.6 Å². The van der Waals surface area contributed by atoms with Gasteiger partial charge in [0.2, 0.25) is 5.91 Å².